The molecule has 1 heterocycles. The molecule has 90 valence electrons. The topological polar surface area (TPSA) is 41.1 Å². The summed E-state index contributed by atoms with van der Waals surface area (Å²) in [5.74, 6) is 1.93. The first-order chi connectivity index (χ1) is 7.65. The van der Waals surface area contributed by atoms with Gasteiger partial charge in [-0.1, -0.05) is 13.8 Å². The molecule has 4 nitrogen and oxygen atoms in total. The van der Waals surface area contributed by atoms with Gasteiger partial charge in [0, 0.05) is 25.7 Å². The average molecular weight is 222 g/mol. The van der Waals surface area contributed by atoms with Crippen LogP contribution in [0.2, 0.25) is 0 Å². The standard InChI is InChI=1S/C12H22N4/c1-6-10(7-2)16(5)12-9(3)11(13-4)14-8-15-12/h8,10H,6-7H2,1-5H3,(H,13,14,15). The van der Waals surface area contributed by atoms with E-state index in [0.717, 1.165) is 30.0 Å². The number of nitrogens with one attached hydrogen (secondary N) is 1. The van der Waals surface area contributed by atoms with Gasteiger partial charge in [0.25, 0.3) is 0 Å². The molecule has 0 bridgehead atoms. The van der Waals surface area contributed by atoms with Gasteiger partial charge in [-0.2, -0.15) is 0 Å². The van der Waals surface area contributed by atoms with E-state index in [1.165, 1.54) is 0 Å². The van der Waals surface area contributed by atoms with Crippen molar-refractivity contribution in [3.05, 3.63) is 11.9 Å². The molecule has 0 aromatic carbocycles. The molecule has 0 aliphatic carbocycles. The second-order valence-electron chi connectivity index (χ2n) is 4.00. The first-order valence-corrected chi connectivity index (χ1v) is 5.87. The fraction of sp³-hybridized carbons (Fsp3) is 0.667. The summed E-state index contributed by atoms with van der Waals surface area (Å²) >= 11 is 0. The molecule has 0 saturated heterocycles. The predicted molar refractivity (Wildman–Crippen MR) is 69.1 cm³/mol. The Bertz CT molecular complexity index is 334. The van der Waals surface area contributed by atoms with Crippen LogP contribution in [0.25, 0.3) is 0 Å². The first kappa shape index (κ1) is 12.7. The molecule has 1 aromatic heterocycles. The molecule has 0 fully saturated rings. The summed E-state index contributed by atoms with van der Waals surface area (Å²) < 4.78 is 0. The molecule has 16 heavy (non-hydrogen) atoms. The Kier molecular flexibility index (Phi) is 4.52. The number of hydrogen-bond acceptors (Lipinski definition) is 4. The quantitative estimate of drug-likeness (QED) is 0.831. The van der Waals surface area contributed by atoms with E-state index < -0.39 is 0 Å². The maximum atomic E-state index is 4.38. The van der Waals surface area contributed by atoms with Gasteiger partial charge in [-0.05, 0) is 19.8 Å². The fourth-order valence-electron chi connectivity index (χ4n) is 2.06. The van der Waals surface area contributed by atoms with Crippen molar-refractivity contribution in [1.29, 1.82) is 0 Å². The van der Waals surface area contributed by atoms with E-state index in [1.807, 2.05) is 7.05 Å². The Hall–Kier alpha value is -1.32. The monoisotopic (exact) mass is 222 g/mol. The van der Waals surface area contributed by atoms with Gasteiger partial charge in [-0.3, -0.25) is 0 Å². The Labute approximate surface area is 98.1 Å². The van der Waals surface area contributed by atoms with E-state index in [9.17, 15) is 0 Å². The third kappa shape index (κ3) is 2.43. The van der Waals surface area contributed by atoms with Gasteiger partial charge < -0.3 is 10.2 Å². The van der Waals surface area contributed by atoms with Crippen LogP contribution in [-0.2, 0) is 0 Å². The third-order valence-corrected chi connectivity index (χ3v) is 3.12. The van der Waals surface area contributed by atoms with Crippen LogP contribution in [-0.4, -0.2) is 30.1 Å². The highest BCUT2D eigenvalue weighted by atomic mass is 15.2. The van der Waals surface area contributed by atoms with Crippen LogP contribution in [0.4, 0.5) is 11.6 Å². The summed E-state index contributed by atoms with van der Waals surface area (Å²) in [7, 11) is 3.99. The van der Waals surface area contributed by atoms with Gasteiger partial charge in [0.15, 0.2) is 0 Å². The van der Waals surface area contributed by atoms with Gasteiger partial charge in [-0.25, -0.2) is 9.97 Å². The smallest absolute Gasteiger partial charge is 0.137 e. The lowest BCUT2D eigenvalue weighted by atomic mass is 10.1. The van der Waals surface area contributed by atoms with Gasteiger partial charge >= 0.3 is 0 Å². The Morgan fingerprint density at radius 1 is 1.31 bits per heavy atom. The molecule has 0 amide bonds. The lowest BCUT2D eigenvalue weighted by molar-refractivity contribution is 0.585. The second kappa shape index (κ2) is 5.68. The molecule has 1 aromatic rings. The normalized spacial score (nSPS) is 10.6. The summed E-state index contributed by atoms with van der Waals surface area (Å²) in [6, 6.07) is 0.540. The van der Waals surface area contributed by atoms with Crippen LogP contribution in [0.3, 0.4) is 0 Å². The SMILES string of the molecule is CCC(CC)N(C)c1ncnc(NC)c1C. The minimum atomic E-state index is 0.540. The summed E-state index contributed by atoms with van der Waals surface area (Å²) in [6.07, 6.45) is 3.88. The van der Waals surface area contributed by atoms with Crippen LogP contribution in [0.5, 0.6) is 0 Å². The molecule has 0 atom stereocenters. The maximum absolute atomic E-state index is 4.38. The van der Waals surface area contributed by atoms with E-state index in [4.69, 9.17) is 0 Å². The van der Waals surface area contributed by atoms with Crippen LogP contribution in [0.15, 0.2) is 6.33 Å². The van der Waals surface area contributed by atoms with Crippen LogP contribution in [0.1, 0.15) is 32.3 Å². The van der Waals surface area contributed by atoms with Crippen LogP contribution in [0, 0.1) is 6.92 Å². The molecule has 0 aliphatic heterocycles. The predicted octanol–water partition coefficient (Wildman–Crippen LogP) is 2.45. The fourth-order valence-corrected chi connectivity index (χ4v) is 2.06. The zero-order valence-corrected chi connectivity index (χ0v) is 10.9. The van der Waals surface area contributed by atoms with E-state index >= 15 is 0 Å². The summed E-state index contributed by atoms with van der Waals surface area (Å²) in [5.41, 5.74) is 1.11. The highest BCUT2D eigenvalue weighted by molar-refractivity contribution is 5.57. The van der Waals surface area contributed by atoms with Crippen molar-refractivity contribution in [2.24, 2.45) is 0 Å². The van der Waals surface area contributed by atoms with E-state index in [0.29, 0.717) is 6.04 Å². The Morgan fingerprint density at radius 2 is 1.94 bits per heavy atom. The summed E-state index contributed by atoms with van der Waals surface area (Å²) in [4.78, 5) is 10.8. The van der Waals surface area contributed by atoms with Gasteiger partial charge in [-0.15, -0.1) is 0 Å². The first-order valence-electron chi connectivity index (χ1n) is 5.87. The molecule has 0 unspecified atom stereocenters. The summed E-state index contributed by atoms with van der Waals surface area (Å²) in [5, 5.41) is 3.09. The van der Waals surface area contributed by atoms with Crippen molar-refractivity contribution in [3.63, 3.8) is 0 Å². The Balaban J connectivity index is 3.03. The largest absolute Gasteiger partial charge is 0.373 e. The van der Waals surface area contributed by atoms with Crippen molar-refractivity contribution in [1.82, 2.24) is 9.97 Å². The average Bonchev–Trinajstić information content (AvgIpc) is 2.30. The van der Waals surface area contributed by atoms with Crippen molar-refractivity contribution in [3.8, 4) is 0 Å². The molecule has 0 aliphatic rings. The van der Waals surface area contributed by atoms with Crippen LogP contribution < -0.4 is 10.2 Å². The van der Waals surface area contributed by atoms with E-state index in [2.05, 4.69) is 48.0 Å². The molecule has 4 heteroatoms. The van der Waals surface area contributed by atoms with Crippen LogP contribution >= 0.6 is 0 Å². The molecular weight excluding hydrogens is 200 g/mol. The number of anilines is 2. The molecule has 0 radical (unpaired) electrons. The maximum Gasteiger partial charge on any atom is 0.137 e. The zero-order valence-electron chi connectivity index (χ0n) is 10.9. The Morgan fingerprint density at radius 3 is 2.44 bits per heavy atom. The lowest BCUT2D eigenvalue weighted by Crippen LogP contribution is -2.31. The minimum Gasteiger partial charge on any atom is -0.373 e. The third-order valence-electron chi connectivity index (χ3n) is 3.12. The highest BCUT2D eigenvalue weighted by Crippen LogP contribution is 2.23. The highest BCUT2D eigenvalue weighted by Gasteiger charge is 2.16. The summed E-state index contributed by atoms with van der Waals surface area (Å²) in [6.45, 7) is 6.47. The molecule has 1 rings (SSSR count). The molecule has 0 saturated carbocycles. The van der Waals surface area contributed by atoms with Gasteiger partial charge in [0.05, 0.1) is 0 Å². The molecule has 1 N–H and O–H groups in total. The zero-order chi connectivity index (χ0) is 12.1. The number of aromatic nitrogens is 2. The van der Waals surface area contributed by atoms with Crippen molar-refractivity contribution in [2.45, 2.75) is 39.7 Å². The molecular formula is C12H22N4. The van der Waals surface area contributed by atoms with Crippen molar-refractivity contribution < 1.29 is 0 Å². The number of nitrogens with zero attached hydrogens (tertiary/aromatic N) is 3. The van der Waals surface area contributed by atoms with E-state index in [-0.39, 0.29) is 0 Å². The van der Waals surface area contributed by atoms with Gasteiger partial charge in [0.1, 0.15) is 18.0 Å². The van der Waals surface area contributed by atoms with Crippen molar-refractivity contribution >= 4 is 11.6 Å². The minimum absolute atomic E-state index is 0.540. The lowest BCUT2D eigenvalue weighted by Gasteiger charge is -2.28. The second-order valence-corrected chi connectivity index (χ2v) is 4.00. The number of rotatable bonds is 5. The van der Waals surface area contributed by atoms with E-state index in [1.54, 1.807) is 6.33 Å². The van der Waals surface area contributed by atoms with Gasteiger partial charge in [0.2, 0.25) is 0 Å². The number of hydrogen-bond donors (Lipinski definition) is 1. The molecule has 0 spiro atoms. The van der Waals surface area contributed by atoms with Crippen molar-refractivity contribution in [2.75, 3.05) is 24.3 Å².